The van der Waals surface area contributed by atoms with Crippen LogP contribution in [0.2, 0.25) is 5.02 Å². The molecule has 6 nitrogen and oxygen atoms in total. The first-order valence-electron chi connectivity index (χ1n) is 12.0. The Bertz CT molecular complexity index is 1080. The van der Waals surface area contributed by atoms with Gasteiger partial charge in [0.1, 0.15) is 0 Å². The smallest absolute Gasteiger partial charge is 0.336 e. The highest BCUT2D eigenvalue weighted by molar-refractivity contribution is 8.49. The van der Waals surface area contributed by atoms with Gasteiger partial charge in [-0.1, -0.05) is 79.7 Å². The molecule has 2 aliphatic heterocycles. The van der Waals surface area contributed by atoms with Crippen LogP contribution in [0.15, 0.2) is 65.2 Å². The number of para-hydroxylation sites is 1. The van der Waals surface area contributed by atoms with Crippen molar-refractivity contribution in [2.24, 2.45) is 0 Å². The minimum Gasteiger partial charge on any atom is -0.478 e. The second kappa shape index (κ2) is 14.1. The van der Waals surface area contributed by atoms with Gasteiger partial charge in [-0.2, -0.15) is 0 Å². The second-order valence-electron chi connectivity index (χ2n) is 8.62. The SMILES string of the molecule is C1CCCCC1.CN1C=C(c2cc3c(cc2Cl)N(c2ccccc2)CPS3)C=C(C(=O)O)C1O.CO. The van der Waals surface area contributed by atoms with E-state index in [4.69, 9.17) is 16.7 Å². The number of aliphatic hydroxyl groups is 2. The van der Waals surface area contributed by atoms with Crippen molar-refractivity contribution in [1.82, 2.24) is 4.90 Å². The molecule has 3 aliphatic rings. The number of allylic oxidation sites excluding steroid dienone is 2. The first-order chi connectivity index (χ1) is 17.5. The molecule has 2 unspecified atom stereocenters. The Morgan fingerprint density at radius 2 is 1.67 bits per heavy atom. The maximum atomic E-state index is 11.5. The quantitative estimate of drug-likeness (QED) is 0.368. The molecule has 0 radical (unpaired) electrons. The number of carboxylic acid groups (broad SMARTS) is 1. The van der Waals surface area contributed by atoms with E-state index in [0.29, 0.717) is 18.4 Å². The summed E-state index contributed by atoms with van der Waals surface area (Å²) in [6.45, 7) is 0. The van der Waals surface area contributed by atoms with Crippen molar-refractivity contribution in [3.05, 3.63) is 70.9 Å². The molecule has 9 heteroatoms. The van der Waals surface area contributed by atoms with Gasteiger partial charge in [0.15, 0.2) is 6.23 Å². The van der Waals surface area contributed by atoms with Crippen LogP contribution in [0.25, 0.3) is 5.57 Å². The number of fused-ring (bicyclic) bond motifs is 1. The van der Waals surface area contributed by atoms with Gasteiger partial charge in [0.2, 0.25) is 0 Å². The Labute approximate surface area is 224 Å². The summed E-state index contributed by atoms with van der Waals surface area (Å²) in [4.78, 5) is 16.3. The number of nitrogens with zero attached hydrogens (tertiary/aromatic N) is 2. The average molecular weight is 549 g/mol. The van der Waals surface area contributed by atoms with Gasteiger partial charge >= 0.3 is 5.97 Å². The summed E-state index contributed by atoms with van der Waals surface area (Å²) >= 11 is 8.41. The van der Waals surface area contributed by atoms with E-state index in [1.165, 1.54) is 49.5 Å². The average Bonchev–Trinajstić information content (AvgIpc) is 2.92. The molecule has 5 rings (SSSR count). The van der Waals surface area contributed by atoms with Crippen LogP contribution in [-0.2, 0) is 4.79 Å². The number of aliphatic carboxylic acids is 1. The normalized spacial score (nSPS) is 19.6. The predicted molar refractivity (Wildman–Crippen MR) is 152 cm³/mol. The number of hydrogen-bond donors (Lipinski definition) is 3. The lowest BCUT2D eigenvalue weighted by Crippen LogP contribution is -2.34. The van der Waals surface area contributed by atoms with Crippen molar-refractivity contribution in [2.75, 3.05) is 25.3 Å². The molecule has 2 atom stereocenters. The van der Waals surface area contributed by atoms with Gasteiger partial charge in [0, 0.05) is 42.8 Å². The minimum absolute atomic E-state index is 0.0748. The molecule has 3 N–H and O–H groups in total. The van der Waals surface area contributed by atoms with E-state index < -0.39 is 12.2 Å². The second-order valence-corrected chi connectivity index (χ2v) is 11.8. The van der Waals surface area contributed by atoms with E-state index in [1.54, 1.807) is 24.6 Å². The third kappa shape index (κ3) is 7.05. The number of benzene rings is 2. The van der Waals surface area contributed by atoms with Crippen LogP contribution in [0, 0.1) is 0 Å². The van der Waals surface area contributed by atoms with E-state index in [1.807, 2.05) is 30.3 Å². The molecule has 0 spiro atoms. The Hall–Kier alpha value is -2.02. The minimum atomic E-state index is -1.18. The lowest BCUT2D eigenvalue weighted by Gasteiger charge is -2.32. The van der Waals surface area contributed by atoms with E-state index in [9.17, 15) is 15.0 Å². The van der Waals surface area contributed by atoms with Crippen LogP contribution < -0.4 is 4.90 Å². The van der Waals surface area contributed by atoms with Gasteiger partial charge in [-0.25, -0.2) is 4.79 Å². The third-order valence-corrected chi connectivity index (χ3v) is 9.12. The van der Waals surface area contributed by atoms with Gasteiger partial charge in [-0.05, 0) is 43.7 Å². The van der Waals surface area contributed by atoms with Gasteiger partial charge in [-0.3, -0.25) is 0 Å². The van der Waals surface area contributed by atoms with Crippen molar-refractivity contribution in [1.29, 1.82) is 0 Å². The summed E-state index contributed by atoms with van der Waals surface area (Å²) < 4.78 is 0. The highest BCUT2D eigenvalue weighted by Crippen LogP contribution is 2.52. The topological polar surface area (TPSA) is 84.2 Å². The first kappa shape index (κ1) is 28.5. The molecule has 1 saturated carbocycles. The molecular weight excluding hydrogens is 515 g/mol. The van der Waals surface area contributed by atoms with E-state index in [2.05, 4.69) is 17.0 Å². The fourth-order valence-electron chi connectivity index (χ4n) is 4.32. The van der Waals surface area contributed by atoms with Crippen LogP contribution in [0.4, 0.5) is 11.4 Å². The summed E-state index contributed by atoms with van der Waals surface area (Å²) in [7, 11) is 3.32. The van der Waals surface area contributed by atoms with Crippen molar-refractivity contribution in [2.45, 2.75) is 49.6 Å². The molecule has 36 heavy (non-hydrogen) atoms. The summed E-state index contributed by atoms with van der Waals surface area (Å²) in [5.41, 5.74) is 3.52. The van der Waals surface area contributed by atoms with Gasteiger partial charge in [-0.15, -0.1) is 0 Å². The maximum Gasteiger partial charge on any atom is 0.336 e. The molecule has 2 aromatic rings. The Morgan fingerprint density at radius 1 is 1.06 bits per heavy atom. The predicted octanol–water partition coefficient (Wildman–Crippen LogP) is 6.70. The monoisotopic (exact) mass is 548 g/mol. The van der Waals surface area contributed by atoms with Gasteiger partial charge in [0.25, 0.3) is 0 Å². The Balaban J connectivity index is 0.000000390. The largest absolute Gasteiger partial charge is 0.478 e. The zero-order valence-electron chi connectivity index (χ0n) is 20.7. The lowest BCUT2D eigenvalue weighted by atomic mass is 9.99. The Morgan fingerprint density at radius 3 is 2.25 bits per heavy atom. The fraction of sp³-hybridized carbons (Fsp3) is 0.370. The summed E-state index contributed by atoms with van der Waals surface area (Å²) in [5, 5.41) is 27.0. The first-order valence-corrected chi connectivity index (χ1v) is 15.2. The molecule has 1 aliphatic carbocycles. The van der Waals surface area contributed by atoms with Crippen LogP contribution in [0.3, 0.4) is 0 Å². The third-order valence-electron chi connectivity index (χ3n) is 6.19. The van der Waals surface area contributed by atoms with E-state index >= 15 is 0 Å². The standard InChI is InChI=1S/C20H18ClN2O3PS.C6H12.CH4O/c1-22-10-12(7-15(19(22)24)20(25)26)14-8-18-17(9-16(14)21)23(11-27-28-18)13-5-3-2-4-6-13;1-2-4-6-5-3-1;1-2/h2-10,19,24,27H,11H2,1H3,(H,25,26);1-6H2;2H,1H3. The number of anilines is 2. The molecule has 194 valence electrons. The lowest BCUT2D eigenvalue weighted by molar-refractivity contribution is -0.134. The molecule has 0 aromatic heterocycles. The van der Waals surface area contributed by atoms with E-state index in [0.717, 1.165) is 35.2 Å². The number of likely N-dealkylation sites (N-methyl/N-ethyl adjacent to an activating group) is 1. The fourth-order valence-corrected chi connectivity index (χ4v) is 7.28. The van der Waals surface area contributed by atoms with Crippen molar-refractivity contribution >= 4 is 53.7 Å². The van der Waals surface area contributed by atoms with Crippen molar-refractivity contribution < 1.29 is 20.1 Å². The zero-order chi connectivity index (χ0) is 26.1. The van der Waals surface area contributed by atoms with Gasteiger partial charge < -0.3 is 25.1 Å². The number of carboxylic acids is 1. The van der Waals surface area contributed by atoms with Crippen molar-refractivity contribution in [3.63, 3.8) is 0 Å². The van der Waals surface area contributed by atoms with Gasteiger partial charge in [0.05, 0.1) is 16.3 Å². The van der Waals surface area contributed by atoms with Crippen LogP contribution in [0.5, 0.6) is 0 Å². The molecule has 2 heterocycles. The maximum absolute atomic E-state index is 11.5. The van der Waals surface area contributed by atoms with E-state index in [-0.39, 0.29) is 5.57 Å². The number of hydrogen-bond acceptors (Lipinski definition) is 6. The summed E-state index contributed by atoms with van der Waals surface area (Å²) in [6, 6.07) is 14.1. The molecular formula is C27H34ClN2O4PS. The summed E-state index contributed by atoms with van der Waals surface area (Å²) in [5.74, 6) is -1.15. The van der Waals surface area contributed by atoms with Crippen LogP contribution >= 0.6 is 30.8 Å². The van der Waals surface area contributed by atoms with Crippen molar-refractivity contribution in [3.8, 4) is 0 Å². The Kier molecular flexibility index (Phi) is 11.1. The number of rotatable bonds is 3. The molecule has 0 saturated heterocycles. The highest BCUT2D eigenvalue weighted by atomic mass is 35.5. The number of aliphatic hydroxyl groups excluding tert-OH is 2. The van der Waals surface area contributed by atoms with Crippen LogP contribution in [-0.4, -0.2) is 52.9 Å². The molecule has 0 bridgehead atoms. The molecule has 2 aromatic carbocycles. The number of halogens is 1. The summed E-state index contributed by atoms with van der Waals surface area (Å²) in [6.07, 6.45) is 11.9. The zero-order valence-corrected chi connectivity index (χ0v) is 23.2. The molecule has 1 fully saturated rings. The van der Waals surface area contributed by atoms with Crippen LogP contribution in [0.1, 0.15) is 44.1 Å². The highest BCUT2D eigenvalue weighted by Gasteiger charge is 2.27. The number of carbonyl (C=O) groups is 1. The molecule has 0 amide bonds.